The van der Waals surface area contributed by atoms with Crippen molar-refractivity contribution in [2.24, 2.45) is 0 Å². The Balaban J connectivity index is 1.91. The second-order valence-electron chi connectivity index (χ2n) is 4.95. The predicted octanol–water partition coefficient (Wildman–Crippen LogP) is 4.95. The van der Waals surface area contributed by atoms with Gasteiger partial charge in [-0.25, -0.2) is 4.98 Å². The highest BCUT2D eigenvalue weighted by Gasteiger charge is 2.07. The highest BCUT2D eigenvalue weighted by molar-refractivity contribution is 7.71. The summed E-state index contributed by atoms with van der Waals surface area (Å²) < 4.78 is 2.67. The van der Waals surface area contributed by atoms with E-state index >= 15 is 0 Å². The van der Waals surface area contributed by atoms with Crippen LogP contribution in [0.25, 0.3) is 11.2 Å². The number of rotatable bonds is 3. The summed E-state index contributed by atoms with van der Waals surface area (Å²) in [5, 5.41) is 1.32. The smallest absolute Gasteiger partial charge is 0.179 e. The van der Waals surface area contributed by atoms with Crippen LogP contribution in [0.4, 0.5) is 0 Å². The van der Waals surface area contributed by atoms with E-state index in [2.05, 4.69) is 9.97 Å². The highest BCUT2D eigenvalue weighted by atomic mass is 35.5. The Hall–Kier alpha value is -1.36. The largest absolute Gasteiger partial charge is 0.329 e. The predicted molar refractivity (Wildman–Crippen MR) is 89.8 cm³/mol. The van der Waals surface area contributed by atoms with Crippen LogP contribution in [0.3, 0.4) is 0 Å². The maximum absolute atomic E-state index is 6.21. The first kappa shape index (κ1) is 14.6. The summed E-state index contributed by atoms with van der Waals surface area (Å²) >= 11 is 17.5. The number of aryl methyl sites for hydroxylation is 3. The van der Waals surface area contributed by atoms with Gasteiger partial charge in [0.15, 0.2) is 10.4 Å². The molecule has 3 nitrogen and oxygen atoms in total. The van der Waals surface area contributed by atoms with Gasteiger partial charge >= 0.3 is 0 Å². The third-order valence-corrected chi connectivity index (χ3v) is 4.28. The lowest BCUT2D eigenvalue weighted by molar-refractivity contribution is 0.700. The zero-order valence-electron chi connectivity index (χ0n) is 11.4. The third-order valence-electron chi connectivity index (χ3n) is 3.37. The molecule has 0 aliphatic rings. The monoisotopic (exact) mass is 337 g/mol. The molecule has 2 aromatic heterocycles. The minimum atomic E-state index is 0.643. The number of aromatic amines is 1. The van der Waals surface area contributed by atoms with Crippen LogP contribution in [0.5, 0.6) is 0 Å². The van der Waals surface area contributed by atoms with Crippen LogP contribution < -0.4 is 0 Å². The fourth-order valence-electron chi connectivity index (χ4n) is 2.31. The lowest BCUT2D eigenvalue weighted by Gasteiger charge is -2.06. The van der Waals surface area contributed by atoms with Crippen molar-refractivity contribution in [1.82, 2.24) is 14.5 Å². The molecule has 0 radical (unpaired) electrons. The van der Waals surface area contributed by atoms with Crippen molar-refractivity contribution in [3.05, 3.63) is 56.4 Å². The molecule has 1 aromatic carbocycles. The van der Waals surface area contributed by atoms with Crippen molar-refractivity contribution in [2.45, 2.75) is 19.9 Å². The summed E-state index contributed by atoms with van der Waals surface area (Å²) in [6, 6.07) is 7.60. The number of halogens is 2. The number of hydrogen-bond acceptors (Lipinski definition) is 2. The zero-order valence-corrected chi connectivity index (χ0v) is 13.7. The summed E-state index contributed by atoms with van der Waals surface area (Å²) in [6.07, 6.45) is 2.61. The minimum Gasteiger partial charge on any atom is -0.329 e. The van der Waals surface area contributed by atoms with Crippen molar-refractivity contribution in [3.8, 4) is 0 Å². The number of H-pyrrole nitrogens is 1. The van der Waals surface area contributed by atoms with Crippen molar-refractivity contribution < 1.29 is 0 Å². The van der Waals surface area contributed by atoms with E-state index in [0.29, 0.717) is 14.8 Å². The molecule has 0 fully saturated rings. The molecule has 0 aliphatic heterocycles. The average Bonchev–Trinajstić information content (AvgIpc) is 2.72. The van der Waals surface area contributed by atoms with Gasteiger partial charge in [-0.3, -0.25) is 0 Å². The Kier molecular flexibility index (Phi) is 4.02. The van der Waals surface area contributed by atoms with E-state index in [1.165, 1.54) is 0 Å². The highest BCUT2D eigenvalue weighted by Crippen LogP contribution is 2.22. The Morgan fingerprint density at radius 3 is 2.86 bits per heavy atom. The Morgan fingerprint density at radius 2 is 2.10 bits per heavy atom. The molecular weight excluding hydrogens is 325 g/mol. The van der Waals surface area contributed by atoms with Crippen LogP contribution >= 0.6 is 35.4 Å². The van der Waals surface area contributed by atoms with Crippen LogP contribution in [0.2, 0.25) is 10.0 Å². The molecule has 0 saturated heterocycles. The molecule has 2 heterocycles. The van der Waals surface area contributed by atoms with Crippen LogP contribution in [0.1, 0.15) is 11.1 Å². The molecule has 0 aliphatic carbocycles. The number of nitrogens with zero attached hydrogens (tertiary/aromatic N) is 2. The van der Waals surface area contributed by atoms with Gasteiger partial charge in [-0.2, -0.15) is 0 Å². The topological polar surface area (TPSA) is 33.6 Å². The van der Waals surface area contributed by atoms with Crippen LogP contribution in [-0.4, -0.2) is 14.5 Å². The van der Waals surface area contributed by atoms with Gasteiger partial charge in [0.2, 0.25) is 0 Å². The Bertz CT molecular complexity index is 867. The maximum atomic E-state index is 6.21. The standard InChI is InChI=1S/C15H13Cl2N3S/c1-9-6-13-14(18-8-9)20(15(21)19-13)5-4-10-2-3-11(16)7-12(10)17/h2-3,6-8H,4-5H2,1H3,(H,19,21). The quantitative estimate of drug-likeness (QED) is 0.686. The first-order valence-electron chi connectivity index (χ1n) is 6.53. The Labute approximate surface area is 137 Å². The van der Waals surface area contributed by atoms with Crippen molar-refractivity contribution in [3.63, 3.8) is 0 Å². The Morgan fingerprint density at radius 1 is 1.29 bits per heavy atom. The first-order chi connectivity index (χ1) is 10.0. The van der Waals surface area contributed by atoms with Gasteiger partial charge in [0.05, 0.1) is 5.52 Å². The van der Waals surface area contributed by atoms with E-state index in [-0.39, 0.29) is 0 Å². The number of benzene rings is 1. The molecule has 1 N–H and O–H groups in total. The third kappa shape index (κ3) is 2.98. The molecule has 0 saturated carbocycles. The molecule has 0 amide bonds. The van der Waals surface area contributed by atoms with Gasteiger partial charge in [-0.15, -0.1) is 0 Å². The maximum Gasteiger partial charge on any atom is 0.179 e. The van der Waals surface area contributed by atoms with Crippen molar-refractivity contribution in [2.75, 3.05) is 0 Å². The summed E-state index contributed by atoms with van der Waals surface area (Å²) in [4.78, 5) is 7.65. The second kappa shape index (κ2) is 5.79. The summed E-state index contributed by atoms with van der Waals surface area (Å²) in [5.41, 5.74) is 3.98. The fourth-order valence-corrected chi connectivity index (χ4v) is 3.10. The zero-order chi connectivity index (χ0) is 15.0. The molecule has 3 aromatic rings. The van der Waals surface area contributed by atoms with Gasteiger partial charge in [0, 0.05) is 22.8 Å². The molecule has 6 heteroatoms. The van der Waals surface area contributed by atoms with Gasteiger partial charge in [-0.05, 0) is 54.9 Å². The normalized spacial score (nSPS) is 11.2. The molecule has 108 valence electrons. The molecule has 0 spiro atoms. The number of hydrogen-bond donors (Lipinski definition) is 1. The molecule has 0 unspecified atom stereocenters. The lowest BCUT2D eigenvalue weighted by atomic mass is 10.1. The van der Waals surface area contributed by atoms with E-state index in [1.54, 1.807) is 6.07 Å². The van der Waals surface area contributed by atoms with Crippen LogP contribution in [0.15, 0.2) is 30.5 Å². The van der Waals surface area contributed by atoms with E-state index in [0.717, 1.165) is 35.3 Å². The molecule has 0 atom stereocenters. The summed E-state index contributed by atoms with van der Waals surface area (Å²) in [6.45, 7) is 2.73. The van der Waals surface area contributed by atoms with Crippen molar-refractivity contribution >= 4 is 46.6 Å². The molecule has 21 heavy (non-hydrogen) atoms. The number of fused-ring (bicyclic) bond motifs is 1. The molecular formula is C15H13Cl2N3S. The minimum absolute atomic E-state index is 0.643. The second-order valence-corrected chi connectivity index (χ2v) is 6.18. The van der Waals surface area contributed by atoms with Crippen LogP contribution in [0, 0.1) is 11.7 Å². The fraction of sp³-hybridized carbons (Fsp3) is 0.200. The van der Waals surface area contributed by atoms with E-state index in [1.807, 2.05) is 35.9 Å². The molecule has 3 rings (SSSR count). The summed E-state index contributed by atoms with van der Waals surface area (Å²) in [7, 11) is 0. The van der Waals surface area contributed by atoms with Gasteiger partial charge < -0.3 is 9.55 Å². The van der Waals surface area contributed by atoms with Gasteiger partial charge in [0.1, 0.15) is 0 Å². The lowest BCUT2D eigenvalue weighted by Crippen LogP contribution is -2.03. The number of aromatic nitrogens is 3. The van der Waals surface area contributed by atoms with E-state index in [9.17, 15) is 0 Å². The SMILES string of the molecule is Cc1cnc2c(c1)[nH]c(=S)n2CCc1ccc(Cl)cc1Cl. The van der Waals surface area contributed by atoms with Gasteiger partial charge in [-0.1, -0.05) is 29.3 Å². The van der Waals surface area contributed by atoms with Gasteiger partial charge in [0.25, 0.3) is 0 Å². The number of imidazole rings is 1. The average molecular weight is 338 g/mol. The number of pyridine rings is 1. The van der Waals surface area contributed by atoms with Crippen LogP contribution in [-0.2, 0) is 13.0 Å². The van der Waals surface area contributed by atoms with E-state index in [4.69, 9.17) is 35.4 Å². The van der Waals surface area contributed by atoms with E-state index < -0.39 is 0 Å². The molecule has 0 bridgehead atoms. The van der Waals surface area contributed by atoms with Crippen molar-refractivity contribution in [1.29, 1.82) is 0 Å². The first-order valence-corrected chi connectivity index (χ1v) is 7.70. The summed E-state index contributed by atoms with van der Waals surface area (Å²) in [5.74, 6) is 0. The number of nitrogens with one attached hydrogen (secondary N) is 1.